The van der Waals surface area contributed by atoms with Crippen LogP contribution in [0.15, 0.2) is 18.2 Å². The lowest BCUT2D eigenvalue weighted by molar-refractivity contribution is -0.131. The Morgan fingerprint density at radius 2 is 2.16 bits per heavy atom. The van der Waals surface area contributed by atoms with Gasteiger partial charge in [0.25, 0.3) is 5.91 Å². The van der Waals surface area contributed by atoms with Gasteiger partial charge < -0.3 is 20.1 Å². The highest BCUT2D eigenvalue weighted by Gasteiger charge is 2.13. The molecule has 1 unspecified atom stereocenters. The zero-order valence-corrected chi connectivity index (χ0v) is 12.0. The summed E-state index contributed by atoms with van der Waals surface area (Å²) >= 11 is 0. The Balaban J connectivity index is 2.83. The standard InChI is InChI=1S/C14H22N2O3/c1-5-16(3)14(17)9-19-13-8-11(18-4)6-7-12(13)10(2)15/h6-8,10H,5,9,15H2,1-4H3. The van der Waals surface area contributed by atoms with Crippen LogP contribution in [0.2, 0.25) is 0 Å². The summed E-state index contributed by atoms with van der Waals surface area (Å²) in [6.45, 7) is 4.43. The van der Waals surface area contributed by atoms with Crippen molar-refractivity contribution in [2.45, 2.75) is 19.9 Å². The van der Waals surface area contributed by atoms with Gasteiger partial charge in [-0.25, -0.2) is 0 Å². The van der Waals surface area contributed by atoms with Crippen molar-refractivity contribution in [1.82, 2.24) is 4.90 Å². The first-order chi connectivity index (χ1) is 8.99. The number of likely N-dealkylation sites (N-methyl/N-ethyl adjacent to an activating group) is 1. The minimum absolute atomic E-state index is 0.00275. The van der Waals surface area contributed by atoms with E-state index < -0.39 is 0 Å². The molecule has 0 spiro atoms. The van der Waals surface area contributed by atoms with Crippen molar-refractivity contribution in [3.05, 3.63) is 23.8 Å². The van der Waals surface area contributed by atoms with Crippen molar-refractivity contribution >= 4 is 5.91 Å². The Labute approximate surface area is 114 Å². The van der Waals surface area contributed by atoms with Crippen LogP contribution in [0.25, 0.3) is 0 Å². The lowest BCUT2D eigenvalue weighted by atomic mass is 10.1. The van der Waals surface area contributed by atoms with Gasteiger partial charge in [-0.05, 0) is 19.9 Å². The summed E-state index contributed by atoms with van der Waals surface area (Å²) in [6, 6.07) is 5.26. The molecule has 1 aromatic rings. The number of hydrogen-bond donors (Lipinski definition) is 1. The molecule has 0 heterocycles. The summed E-state index contributed by atoms with van der Waals surface area (Å²) in [5, 5.41) is 0. The molecule has 1 aromatic carbocycles. The Bertz CT molecular complexity index is 433. The predicted octanol–water partition coefficient (Wildman–Crippen LogP) is 1.57. The lowest BCUT2D eigenvalue weighted by Crippen LogP contribution is -2.31. The second-order valence-corrected chi connectivity index (χ2v) is 4.39. The van der Waals surface area contributed by atoms with E-state index in [0.717, 1.165) is 5.56 Å². The van der Waals surface area contributed by atoms with E-state index in [4.69, 9.17) is 15.2 Å². The normalized spacial score (nSPS) is 11.8. The number of benzene rings is 1. The number of nitrogens with two attached hydrogens (primary N) is 1. The summed E-state index contributed by atoms with van der Waals surface area (Å²) in [5.74, 6) is 1.20. The second kappa shape index (κ2) is 6.99. The molecule has 1 atom stereocenters. The van der Waals surface area contributed by atoms with Crippen molar-refractivity contribution in [2.24, 2.45) is 5.73 Å². The molecule has 0 aromatic heterocycles. The van der Waals surface area contributed by atoms with Gasteiger partial charge in [0.1, 0.15) is 11.5 Å². The lowest BCUT2D eigenvalue weighted by Gasteiger charge is -2.18. The van der Waals surface area contributed by atoms with Gasteiger partial charge in [0.2, 0.25) is 0 Å². The molecule has 19 heavy (non-hydrogen) atoms. The Morgan fingerprint density at radius 1 is 1.47 bits per heavy atom. The maximum absolute atomic E-state index is 11.7. The molecule has 1 amide bonds. The summed E-state index contributed by atoms with van der Waals surface area (Å²) in [6.07, 6.45) is 0. The molecule has 2 N–H and O–H groups in total. The van der Waals surface area contributed by atoms with Crippen LogP contribution >= 0.6 is 0 Å². The van der Waals surface area contributed by atoms with E-state index in [1.165, 1.54) is 0 Å². The first-order valence-corrected chi connectivity index (χ1v) is 6.29. The van der Waals surface area contributed by atoms with Crippen LogP contribution in [-0.2, 0) is 4.79 Å². The third-order valence-electron chi connectivity index (χ3n) is 2.96. The van der Waals surface area contributed by atoms with Crippen LogP contribution in [0.1, 0.15) is 25.5 Å². The van der Waals surface area contributed by atoms with Gasteiger partial charge in [-0.1, -0.05) is 6.07 Å². The van der Waals surface area contributed by atoms with Gasteiger partial charge in [0.05, 0.1) is 7.11 Å². The second-order valence-electron chi connectivity index (χ2n) is 4.39. The molecule has 0 saturated heterocycles. The zero-order valence-electron chi connectivity index (χ0n) is 12.0. The summed E-state index contributed by atoms with van der Waals surface area (Å²) in [7, 11) is 3.32. The van der Waals surface area contributed by atoms with Crippen LogP contribution in [-0.4, -0.2) is 38.1 Å². The van der Waals surface area contributed by atoms with E-state index in [0.29, 0.717) is 18.0 Å². The highest BCUT2D eigenvalue weighted by atomic mass is 16.5. The molecule has 5 nitrogen and oxygen atoms in total. The van der Waals surface area contributed by atoms with Crippen LogP contribution in [0.5, 0.6) is 11.5 Å². The molecule has 0 radical (unpaired) electrons. The number of methoxy groups -OCH3 is 1. The maximum atomic E-state index is 11.7. The molecule has 0 aliphatic carbocycles. The molecular formula is C14H22N2O3. The van der Waals surface area contributed by atoms with Gasteiger partial charge >= 0.3 is 0 Å². The summed E-state index contributed by atoms with van der Waals surface area (Å²) < 4.78 is 10.7. The third kappa shape index (κ3) is 4.13. The highest BCUT2D eigenvalue weighted by molar-refractivity contribution is 5.77. The van der Waals surface area contributed by atoms with Crippen LogP contribution in [0.3, 0.4) is 0 Å². The number of nitrogens with zero attached hydrogens (tertiary/aromatic N) is 1. The van der Waals surface area contributed by atoms with Crippen LogP contribution in [0.4, 0.5) is 0 Å². The first-order valence-electron chi connectivity index (χ1n) is 6.29. The van der Waals surface area contributed by atoms with E-state index in [9.17, 15) is 4.79 Å². The molecular weight excluding hydrogens is 244 g/mol. The Kier molecular flexibility index (Phi) is 5.63. The highest BCUT2D eigenvalue weighted by Crippen LogP contribution is 2.28. The average Bonchev–Trinajstić information content (AvgIpc) is 2.43. The first kappa shape index (κ1) is 15.3. The number of rotatable bonds is 6. The fraction of sp³-hybridized carbons (Fsp3) is 0.500. The Hall–Kier alpha value is -1.75. The SMILES string of the molecule is CCN(C)C(=O)COc1cc(OC)ccc1C(C)N. The van der Waals surface area contributed by atoms with Gasteiger partial charge in [-0.3, -0.25) is 4.79 Å². The molecule has 0 saturated carbocycles. The van der Waals surface area contributed by atoms with Gasteiger partial charge in [0.15, 0.2) is 6.61 Å². The van der Waals surface area contributed by atoms with Crippen molar-refractivity contribution in [1.29, 1.82) is 0 Å². The number of ether oxygens (including phenoxy) is 2. The predicted molar refractivity (Wildman–Crippen MR) is 74.4 cm³/mol. The van der Waals surface area contributed by atoms with Gasteiger partial charge in [-0.15, -0.1) is 0 Å². The van der Waals surface area contributed by atoms with E-state index in [1.54, 1.807) is 25.1 Å². The largest absolute Gasteiger partial charge is 0.497 e. The van der Waals surface area contributed by atoms with Gasteiger partial charge in [0, 0.05) is 31.3 Å². The van der Waals surface area contributed by atoms with Crippen molar-refractivity contribution in [3.63, 3.8) is 0 Å². The van der Waals surface area contributed by atoms with Crippen molar-refractivity contribution in [3.8, 4) is 11.5 Å². The quantitative estimate of drug-likeness (QED) is 0.849. The summed E-state index contributed by atoms with van der Waals surface area (Å²) in [5.41, 5.74) is 6.74. The monoisotopic (exact) mass is 266 g/mol. The molecule has 5 heteroatoms. The van der Waals surface area contributed by atoms with Crippen LogP contribution < -0.4 is 15.2 Å². The third-order valence-corrected chi connectivity index (χ3v) is 2.96. The van der Waals surface area contributed by atoms with Gasteiger partial charge in [-0.2, -0.15) is 0 Å². The molecule has 1 rings (SSSR count). The summed E-state index contributed by atoms with van der Waals surface area (Å²) in [4.78, 5) is 13.3. The maximum Gasteiger partial charge on any atom is 0.260 e. The number of carbonyl (C=O) groups is 1. The smallest absolute Gasteiger partial charge is 0.260 e. The molecule has 0 fully saturated rings. The topological polar surface area (TPSA) is 64.8 Å². The fourth-order valence-corrected chi connectivity index (χ4v) is 1.57. The molecule has 0 aliphatic rings. The van der Waals surface area contributed by atoms with E-state index in [1.807, 2.05) is 26.0 Å². The molecule has 0 bridgehead atoms. The van der Waals surface area contributed by atoms with Crippen molar-refractivity contribution < 1.29 is 14.3 Å². The van der Waals surface area contributed by atoms with E-state index in [-0.39, 0.29) is 18.6 Å². The van der Waals surface area contributed by atoms with Crippen molar-refractivity contribution in [2.75, 3.05) is 27.3 Å². The molecule has 106 valence electrons. The Morgan fingerprint density at radius 3 is 2.68 bits per heavy atom. The number of amides is 1. The number of carbonyl (C=O) groups excluding carboxylic acids is 1. The van der Waals surface area contributed by atoms with E-state index >= 15 is 0 Å². The number of hydrogen-bond acceptors (Lipinski definition) is 4. The fourth-order valence-electron chi connectivity index (χ4n) is 1.57. The molecule has 0 aliphatic heterocycles. The average molecular weight is 266 g/mol. The van der Waals surface area contributed by atoms with Crippen LogP contribution in [0, 0.1) is 0 Å². The zero-order chi connectivity index (χ0) is 14.4. The minimum Gasteiger partial charge on any atom is -0.497 e. The minimum atomic E-state index is -0.167. The van der Waals surface area contributed by atoms with E-state index in [2.05, 4.69) is 0 Å².